The third-order valence-corrected chi connectivity index (χ3v) is 4.05. The van der Waals surface area contributed by atoms with Crippen molar-refractivity contribution in [2.75, 3.05) is 20.2 Å². The molecule has 116 valence electrons. The van der Waals surface area contributed by atoms with Crippen LogP contribution in [0.5, 0.6) is 0 Å². The third-order valence-electron chi connectivity index (χ3n) is 4.05. The van der Waals surface area contributed by atoms with Crippen LogP contribution in [0.4, 0.5) is 0 Å². The van der Waals surface area contributed by atoms with Crippen molar-refractivity contribution in [1.82, 2.24) is 4.90 Å². The van der Waals surface area contributed by atoms with E-state index in [0.717, 1.165) is 32.2 Å². The largest absolute Gasteiger partial charge is 0.469 e. The number of hydrogen-bond acceptors (Lipinski definition) is 3. The molecule has 4 heteroatoms. The Morgan fingerprint density at radius 3 is 2.55 bits per heavy atom. The van der Waals surface area contributed by atoms with Gasteiger partial charge in [0.05, 0.1) is 13.0 Å². The molecule has 20 heavy (non-hydrogen) atoms. The lowest BCUT2D eigenvalue weighted by Gasteiger charge is -2.31. The molecule has 0 bridgehead atoms. The van der Waals surface area contributed by atoms with Gasteiger partial charge in [-0.3, -0.25) is 9.59 Å². The van der Waals surface area contributed by atoms with Gasteiger partial charge in [0.1, 0.15) is 0 Å². The maximum atomic E-state index is 12.1. The maximum absolute atomic E-state index is 12.1. The van der Waals surface area contributed by atoms with Gasteiger partial charge in [-0.2, -0.15) is 0 Å². The minimum atomic E-state index is -0.179. The molecule has 1 aliphatic heterocycles. The average Bonchev–Trinajstić information content (AvgIpc) is 2.49. The van der Waals surface area contributed by atoms with E-state index in [1.807, 2.05) is 4.90 Å². The van der Waals surface area contributed by atoms with Gasteiger partial charge in [0.2, 0.25) is 5.91 Å². The predicted molar refractivity (Wildman–Crippen MR) is 79.3 cm³/mol. The summed E-state index contributed by atoms with van der Waals surface area (Å²) in [5.41, 5.74) is 0. The van der Waals surface area contributed by atoms with E-state index in [2.05, 4.69) is 6.92 Å². The second-order valence-electron chi connectivity index (χ2n) is 5.72. The van der Waals surface area contributed by atoms with Gasteiger partial charge in [0.25, 0.3) is 0 Å². The summed E-state index contributed by atoms with van der Waals surface area (Å²) in [6.07, 6.45) is 9.53. The summed E-state index contributed by atoms with van der Waals surface area (Å²) in [7, 11) is 1.42. The van der Waals surface area contributed by atoms with E-state index in [1.54, 1.807) is 0 Å². The molecule has 0 aromatic carbocycles. The molecule has 0 aliphatic carbocycles. The van der Waals surface area contributed by atoms with Gasteiger partial charge < -0.3 is 9.64 Å². The molecule has 1 rings (SSSR count). The van der Waals surface area contributed by atoms with Crippen molar-refractivity contribution in [3.05, 3.63) is 0 Å². The van der Waals surface area contributed by atoms with Crippen LogP contribution in [0.1, 0.15) is 64.7 Å². The first-order valence-corrected chi connectivity index (χ1v) is 8.04. The fourth-order valence-electron chi connectivity index (χ4n) is 2.78. The van der Waals surface area contributed by atoms with Crippen LogP contribution in [0, 0.1) is 5.92 Å². The quantitative estimate of drug-likeness (QED) is 0.508. The van der Waals surface area contributed by atoms with Gasteiger partial charge in [-0.1, -0.05) is 39.0 Å². The van der Waals surface area contributed by atoms with Crippen molar-refractivity contribution in [3.8, 4) is 0 Å². The number of methoxy groups -OCH3 is 1. The predicted octanol–water partition coefficient (Wildman–Crippen LogP) is 3.15. The topological polar surface area (TPSA) is 46.6 Å². The van der Waals surface area contributed by atoms with Crippen LogP contribution >= 0.6 is 0 Å². The normalized spacial score (nSPS) is 18.9. The van der Waals surface area contributed by atoms with Crippen molar-refractivity contribution < 1.29 is 14.3 Å². The molecule has 4 nitrogen and oxygen atoms in total. The highest BCUT2D eigenvalue weighted by atomic mass is 16.5. The molecule has 1 saturated heterocycles. The van der Waals surface area contributed by atoms with Crippen LogP contribution in [0.15, 0.2) is 0 Å². The van der Waals surface area contributed by atoms with Gasteiger partial charge in [-0.05, 0) is 19.3 Å². The lowest BCUT2D eigenvalue weighted by Crippen LogP contribution is -2.42. The number of ether oxygens (including phenoxy) is 1. The summed E-state index contributed by atoms with van der Waals surface area (Å²) >= 11 is 0. The Morgan fingerprint density at radius 1 is 1.15 bits per heavy atom. The monoisotopic (exact) mass is 283 g/mol. The van der Waals surface area contributed by atoms with Gasteiger partial charge in [-0.25, -0.2) is 0 Å². The summed E-state index contributed by atoms with van der Waals surface area (Å²) in [6, 6.07) is 0. The molecule has 0 spiro atoms. The number of amides is 1. The van der Waals surface area contributed by atoms with Gasteiger partial charge in [0, 0.05) is 19.5 Å². The standard InChI is InChI=1S/C16H29NO3/c1-3-4-5-6-7-8-11-15(18)17-12-9-10-14(13-17)16(19)20-2/h14H,3-13H2,1-2H3/t14-/m0/s1. The van der Waals surface area contributed by atoms with E-state index in [1.165, 1.54) is 32.8 Å². The van der Waals surface area contributed by atoms with Gasteiger partial charge in [0.15, 0.2) is 0 Å². The number of carbonyl (C=O) groups is 2. The summed E-state index contributed by atoms with van der Waals surface area (Å²) in [4.78, 5) is 25.5. The third kappa shape index (κ3) is 5.93. The van der Waals surface area contributed by atoms with Crippen LogP contribution in [-0.2, 0) is 14.3 Å². The molecule has 0 saturated carbocycles. The number of esters is 1. The van der Waals surface area contributed by atoms with E-state index in [-0.39, 0.29) is 17.8 Å². The molecule has 0 N–H and O–H groups in total. The van der Waals surface area contributed by atoms with Crippen molar-refractivity contribution in [2.45, 2.75) is 64.7 Å². The van der Waals surface area contributed by atoms with Crippen molar-refractivity contribution in [1.29, 1.82) is 0 Å². The molecule has 0 aromatic rings. The first kappa shape index (κ1) is 17.0. The van der Waals surface area contributed by atoms with E-state index in [4.69, 9.17) is 4.74 Å². The van der Waals surface area contributed by atoms with Crippen LogP contribution in [-0.4, -0.2) is 37.0 Å². The molecular weight excluding hydrogens is 254 g/mol. The van der Waals surface area contributed by atoms with Crippen molar-refractivity contribution in [2.24, 2.45) is 5.92 Å². The Balaban J connectivity index is 2.20. The zero-order valence-corrected chi connectivity index (χ0v) is 13.0. The van der Waals surface area contributed by atoms with E-state index in [0.29, 0.717) is 13.0 Å². The Bertz CT molecular complexity index is 304. The Hall–Kier alpha value is -1.06. The molecule has 0 radical (unpaired) electrons. The average molecular weight is 283 g/mol. The minimum absolute atomic E-state index is 0.123. The molecule has 1 atom stereocenters. The molecule has 0 aromatic heterocycles. The summed E-state index contributed by atoms with van der Waals surface area (Å²) < 4.78 is 4.78. The van der Waals surface area contributed by atoms with Gasteiger partial charge in [-0.15, -0.1) is 0 Å². The SMILES string of the molecule is CCCCCCCCC(=O)N1CCC[C@H](C(=O)OC)C1. The fraction of sp³-hybridized carbons (Fsp3) is 0.875. The smallest absolute Gasteiger partial charge is 0.310 e. The first-order chi connectivity index (χ1) is 9.69. The number of hydrogen-bond donors (Lipinski definition) is 0. The minimum Gasteiger partial charge on any atom is -0.469 e. The maximum Gasteiger partial charge on any atom is 0.310 e. The molecule has 1 aliphatic rings. The number of likely N-dealkylation sites (tertiary alicyclic amines) is 1. The van der Waals surface area contributed by atoms with Crippen molar-refractivity contribution >= 4 is 11.9 Å². The summed E-state index contributed by atoms with van der Waals surface area (Å²) in [6.45, 7) is 3.54. The highest BCUT2D eigenvalue weighted by molar-refractivity contribution is 5.78. The first-order valence-electron chi connectivity index (χ1n) is 8.04. The van der Waals surface area contributed by atoms with E-state index in [9.17, 15) is 9.59 Å². The molecule has 1 heterocycles. The molecule has 1 amide bonds. The molecule has 0 unspecified atom stereocenters. The summed E-state index contributed by atoms with van der Waals surface area (Å²) in [5, 5.41) is 0. The zero-order chi connectivity index (χ0) is 14.8. The Labute approximate surface area is 122 Å². The van der Waals surface area contributed by atoms with Crippen LogP contribution < -0.4 is 0 Å². The highest BCUT2D eigenvalue weighted by Crippen LogP contribution is 2.19. The second kappa shape index (κ2) is 9.78. The summed E-state index contributed by atoms with van der Waals surface area (Å²) in [5.74, 6) is -0.0987. The lowest BCUT2D eigenvalue weighted by molar-refractivity contribution is -0.149. The zero-order valence-electron chi connectivity index (χ0n) is 13.0. The Morgan fingerprint density at radius 2 is 1.85 bits per heavy atom. The fourth-order valence-corrected chi connectivity index (χ4v) is 2.78. The highest BCUT2D eigenvalue weighted by Gasteiger charge is 2.28. The Kier molecular flexibility index (Phi) is 8.31. The lowest BCUT2D eigenvalue weighted by atomic mass is 9.97. The van der Waals surface area contributed by atoms with Crippen LogP contribution in [0.25, 0.3) is 0 Å². The van der Waals surface area contributed by atoms with E-state index >= 15 is 0 Å². The number of carbonyl (C=O) groups excluding carboxylic acids is 2. The van der Waals surface area contributed by atoms with Gasteiger partial charge >= 0.3 is 5.97 Å². The van der Waals surface area contributed by atoms with E-state index < -0.39 is 0 Å². The second-order valence-corrected chi connectivity index (χ2v) is 5.72. The molecule has 1 fully saturated rings. The number of rotatable bonds is 8. The van der Waals surface area contributed by atoms with Crippen LogP contribution in [0.3, 0.4) is 0 Å². The molecular formula is C16H29NO3. The number of nitrogens with zero attached hydrogens (tertiary/aromatic N) is 1. The van der Waals surface area contributed by atoms with Crippen molar-refractivity contribution in [3.63, 3.8) is 0 Å². The van der Waals surface area contributed by atoms with Crippen LogP contribution in [0.2, 0.25) is 0 Å². The number of piperidine rings is 1. The number of unbranched alkanes of at least 4 members (excludes halogenated alkanes) is 5.